The molecule has 0 saturated heterocycles. The Morgan fingerprint density at radius 2 is 1.36 bits per heavy atom. The predicted octanol–water partition coefficient (Wildman–Crippen LogP) is 2.85. The van der Waals surface area contributed by atoms with Crippen molar-refractivity contribution in [1.82, 2.24) is 0 Å². The molecular weight excluding hydrogens is 280 g/mol. The Bertz CT molecular complexity index is 529. The number of benzene rings is 2. The van der Waals surface area contributed by atoms with Gasteiger partial charge in [-0.25, -0.2) is 0 Å². The topological polar surface area (TPSA) is 58.9 Å². The first kappa shape index (κ1) is 16.3. The van der Waals surface area contributed by atoms with Crippen molar-refractivity contribution in [3.63, 3.8) is 0 Å². The standard InChI is InChI=1S/C18H22O4/c1-14(18(20)22-16-10-6-3-7-11-16)12-17(13-19)21-15-8-4-2-5-9-15/h2-11,14,17-20H,12-13H2,1H3. The lowest BCUT2D eigenvalue weighted by molar-refractivity contribution is -0.0698. The number of ether oxygens (including phenoxy) is 2. The molecule has 2 rings (SSSR count). The van der Waals surface area contributed by atoms with E-state index in [-0.39, 0.29) is 18.6 Å². The van der Waals surface area contributed by atoms with Crippen molar-refractivity contribution in [3.05, 3.63) is 60.7 Å². The fourth-order valence-electron chi connectivity index (χ4n) is 2.14. The van der Waals surface area contributed by atoms with E-state index in [1.807, 2.05) is 55.5 Å². The smallest absolute Gasteiger partial charge is 0.200 e. The van der Waals surface area contributed by atoms with E-state index in [9.17, 15) is 10.2 Å². The van der Waals surface area contributed by atoms with Crippen molar-refractivity contribution in [1.29, 1.82) is 0 Å². The molecule has 2 aromatic rings. The summed E-state index contributed by atoms with van der Waals surface area (Å²) in [6.07, 6.45) is -0.846. The zero-order valence-corrected chi connectivity index (χ0v) is 12.6. The molecule has 0 saturated carbocycles. The quantitative estimate of drug-likeness (QED) is 0.736. The van der Waals surface area contributed by atoms with Crippen LogP contribution in [-0.2, 0) is 0 Å². The van der Waals surface area contributed by atoms with Gasteiger partial charge in [0.25, 0.3) is 0 Å². The lowest BCUT2D eigenvalue weighted by Gasteiger charge is -2.24. The highest BCUT2D eigenvalue weighted by molar-refractivity contribution is 5.22. The van der Waals surface area contributed by atoms with Gasteiger partial charge in [-0.2, -0.15) is 0 Å². The number of hydrogen-bond donors (Lipinski definition) is 2. The average Bonchev–Trinajstić information content (AvgIpc) is 2.56. The van der Waals surface area contributed by atoms with Crippen molar-refractivity contribution in [2.45, 2.75) is 25.7 Å². The lowest BCUT2D eigenvalue weighted by Crippen LogP contribution is -2.31. The summed E-state index contributed by atoms with van der Waals surface area (Å²) < 4.78 is 11.2. The van der Waals surface area contributed by atoms with Crippen molar-refractivity contribution in [3.8, 4) is 11.5 Å². The van der Waals surface area contributed by atoms with Crippen LogP contribution in [0.1, 0.15) is 13.3 Å². The van der Waals surface area contributed by atoms with E-state index < -0.39 is 6.29 Å². The average molecular weight is 302 g/mol. The van der Waals surface area contributed by atoms with Crippen molar-refractivity contribution < 1.29 is 19.7 Å². The maximum Gasteiger partial charge on any atom is 0.200 e. The third-order valence-corrected chi connectivity index (χ3v) is 3.37. The molecule has 0 aromatic heterocycles. The van der Waals surface area contributed by atoms with E-state index in [4.69, 9.17) is 9.47 Å². The molecule has 22 heavy (non-hydrogen) atoms. The highest BCUT2D eigenvalue weighted by Crippen LogP contribution is 2.20. The van der Waals surface area contributed by atoms with Crippen LogP contribution in [0, 0.1) is 5.92 Å². The maximum atomic E-state index is 10.1. The van der Waals surface area contributed by atoms with Crippen LogP contribution in [0.2, 0.25) is 0 Å². The summed E-state index contributed by atoms with van der Waals surface area (Å²) in [4.78, 5) is 0. The molecule has 3 atom stereocenters. The van der Waals surface area contributed by atoms with Gasteiger partial charge in [-0.1, -0.05) is 43.3 Å². The molecule has 2 aromatic carbocycles. The summed E-state index contributed by atoms with van der Waals surface area (Å²) in [5.41, 5.74) is 0. The van der Waals surface area contributed by atoms with Gasteiger partial charge in [-0.3, -0.25) is 0 Å². The van der Waals surface area contributed by atoms with Crippen LogP contribution in [0.4, 0.5) is 0 Å². The third kappa shape index (κ3) is 5.06. The van der Waals surface area contributed by atoms with Crippen LogP contribution < -0.4 is 9.47 Å². The number of aliphatic hydroxyl groups is 2. The molecular formula is C18H22O4. The first-order valence-corrected chi connectivity index (χ1v) is 7.41. The van der Waals surface area contributed by atoms with Crippen LogP contribution >= 0.6 is 0 Å². The molecule has 0 radical (unpaired) electrons. The summed E-state index contributed by atoms with van der Waals surface area (Å²) in [7, 11) is 0. The minimum absolute atomic E-state index is 0.114. The van der Waals surface area contributed by atoms with Gasteiger partial charge in [0.2, 0.25) is 0 Å². The van der Waals surface area contributed by atoms with E-state index >= 15 is 0 Å². The molecule has 4 heteroatoms. The van der Waals surface area contributed by atoms with Crippen LogP contribution in [0.5, 0.6) is 11.5 Å². The SMILES string of the molecule is CC(CC(CO)Oc1ccccc1)C(O)Oc1ccccc1. The Balaban J connectivity index is 1.87. The van der Waals surface area contributed by atoms with Crippen molar-refractivity contribution >= 4 is 0 Å². The molecule has 0 aliphatic carbocycles. The second kappa shape index (κ2) is 8.41. The van der Waals surface area contributed by atoms with Gasteiger partial charge >= 0.3 is 0 Å². The molecule has 0 bridgehead atoms. The number of hydrogen-bond acceptors (Lipinski definition) is 4. The van der Waals surface area contributed by atoms with Gasteiger partial charge in [0, 0.05) is 5.92 Å². The van der Waals surface area contributed by atoms with Gasteiger partial charge in [0.1, 0.15) is 17.6 Å². The zero-order valence-electron chi connectivity index (χ0n) is 12.6. The third-order valence-electron chi connectivity index (χ3n) is 3.37. The highest BCUT2D eigenvalue weighted by Gasteiger charge is 2.21. The Hall–Kier alpha value is -2.04. The molecule has 0 fully saturated rings. The molecule has 118 valence electrons. The van der Waals surface area contributed by atoms with E-state index in [0.29, 0.717) is 17.9 Å². The predicted molar refractivity (Wildman–Crippen MR) is 84.8 cm³/mol. The van der Waals surface area contributed by atoms with E-state index in [1.165, 1.54) is 0 Å². The summed E-state index contributed by atoms with van der Waals surface area (Å²) >= 11 is 0. The van der Waals surface area contributed by atoms with Crippen molar-refractivity contribution in [2.24, 2.45) is 5.92 Å². The van der Waals surface area contributed by atoms with Gasteiger partial charge in [0.05, 0.1) is 6.61 Å². The molecule has 0 aliphatic rings. The Kier molecular flexibility index (Phi) is 6.25. The Morgan fingerprint density at radius 1 is 0.864 bits per heavy atom. The Labute approximate surface area is 130 Å². The van der Waals surface area contributed by atoms with Crippen LogP contribution in [0.25, 0.3) is 0 Å². The second-order valence-electron chi connectivity index (χ2n) is 5.27. The van der Waals surface area contributed by atoms with Gasteiger partial charge in [0.15, 0.2) is 6.29 Å². The van der Waals surface area contributed by atoms with Gasteiger partial charge in [-0.05, 0) is 30.7 Å². The monoisotopic (exact) mass is 302 g/mol. The number of para-hydroxylation sites is 2. The molecule has 4 nitrogen and oxygen atoms in total. The van der Waals surface area contributed by atoms with Crippen LogP contribution in [0.3, 0.4) is 0 Å². The number of rotatable bonds is 8. The first-order valence-electron chi connectivity index (χ1n) is 7.41. The highest BCUT2D eigenvalue weighted by atomic mass is 16.6. The summed E-state index contributed by atoms with van der Waals surface area (Å²) in [5, 5.41) is 19.6. The normalized spacial score (nSPS) is 14.9. The minimum atomic E-state index is -0.948. The van der Waals surface area contributed by atoms with Gasteiger partial charge < -0.3 is 19.7 Å². The van der Waals surface area contributed by atoms with E-state index in [0.717, 1.165) is 0 Å². The maximum absolute atomic E-state index is 10.1. The number of aliphatic hydroxyl groups excluding tert-OH is 2. The molecule has 0 spiro atoms. The fourth-order valence-corrected chi connectivity index (χ4v) is 2.14. The van der Waals surface area contributed by atoms with Gasteiger partial charge in [-0.15, -0.1) is 0 Å². The fraction of sp³-hybridized carbons (Fsp3) is 0.333. The van der Waals surface area contributed by atoms with Crippen molar-refractivity contribution in [2.75, 3.05) is 6.61 Å². The summed E-state index contributed by atoms with van der Waals surface area (Å²) in [6.45, 7) is 1.75. The minimum Gasteiger partial charge on any atom is -0.488 e. The molecule has 3 unspecified atom stereocenters. The molecule has 0 heterocycles. The van der Waals surface area contributed by atoms with E-state index in [1.54, 1.807) is 12.1 Å². The lowest BCUT2D eigenvalue weighted by atomic mass is 10.0. The summed E-state index contributed by atoms with van der Waals surface area (Å²) in [6, 6.07) is 18.5. The molecule has 0 amide bonds. The zero-order chi connectivity index (χ0) is 15.8. The molecule has 2 N–H and O–H groups in total. The first-order chi connectivity index (χ1) is 10.7. The van der Waals surface area contributed by atoms with Crippen LogP contribution in [0.15, 0.2) is 60.7 Å². The second-order valence-corrected chi connectivity index (χ2v) is 5.27. The van der Waals surface area contributed by atoms with Crippen LogP contribution in [-0.4, -0.2) is 29.2 Å². The molecule has 0 aliphatic heterocycles. The largest absolute Gasteiger partial charge is 0.488 e. The Morgan fingerprint density at radius 3 is 1.86 bits per heavy atom. The van der Waals surface area contributed by atoms with E-state index in [2.05, 4.69) is 0 Å². The summed E-state index contributed by atoms with van der Waals surface area (Å²) in [5.74, 6) is 1.14.